The first-order valence-electron chi connectivity index (χ1n) is 6.01. The summed E-state index contributed by atoms with van der Waals surface area (Å²) in [5.74, 6) is -1.20. The van der Waals surface area contributed by atoms with Gasteiger partial charge in [0.15, 0.2) is 0 Å². The number of aromatic nitrogens is 1. The van der Waals surface area contributed by atoms with Crippen molar-refractivity contribution in [2.45, 2.75) is 31.9 Å². The van der Waals surface area contributed by atoms with Crippen molar-refractivity contribution < 1.29 is 18.0 Å². The van der Waals surface area contributed by atoms with E-state index in [0.717, 1.165) is 0 Å². The number of hydrogen-bond donors (Lipinski definition) is 2. The zero-order chi connectivity index (χ0) is 15.3. The lowest BCUT2D eigenvalue weighted by molar-refractivity contribution is -0.119. The van der Waals surface area contributed by atoms with Gasteiger partial charge < -0.3 is 5.73 Å². The second-order valence-corrected chi connectivity index (χ2v) is 6.77. The van der Waals surface area contributed by atoms with Crippen LogP contribution in [0.3, 0.4) is 0 Å². The number of nitrogens with one attached hydrogen (secondary N) is 1. The Hall–Kier alpha value is -1.96. The third-order valence-corrected chi connectivity index (χ3v) is 4.35. The van der Waals surface area contributed by atoms with Crippen LogP contribution in [0.1, 0.15) is 36.3 Å². The fraction of sp³-hybridized carbons (Fsp3) is 0.417. The molecule has 0 bridgehead atoms. The van der Waals surface area contributed by atoms with Gasteiger partial charge in [-0.05, 0) is 31.9 Å². The van der Waals surface area contributed by atoms with Crippen molar-refractivity contribution >= 4 is 21.8 Å². The highest BCUT2D eigenvalue weighted by molar-refractivity contribution is 7.90. The van der Waals surface area contributed by atoms with E-state index in [1.807, 2.05) is 4.72 Å². The zero-order valence-corrected chi connectivity index (χ0v) is 12.1. The molecule has 7 nitrogen and oxygen atoms in total. The Morgan fingerprint density at radius 1 is 1.35 bits per heavy atom. The molecule has 20 heavy (non-hydrogen) atoms. The number of carbonyl (C=O) groups excluding carboxylic acids is 2. The van der Waals surface area contributed by atoms with Crippen LogP contribution in [0.5, 0.6) is 0 Å². The van der Waals surface area contributed by atoms with Crippen LogP contribution >= 0.6 is 0 Å². The molecular weight excluding hydrogens is 282 g/mol. The van der Waals surface area contributed by atoms with Crippen molar-refractivity contribution in [1.82, 2.24) is 9.71 Å². The number of nitrogens with two attached hydrogens (primary N) is 1. The largest absolute Gasteiger partial charge is 0.364 e. The van der Waals surface area contributed by atoms with E-state index in [9.17, 15) is 18.0 Å². The first-order chi connectivity index (χ1) is 9.22. The lowest BCUT2D eigenvalue weighted by Gasteiger charge is -2.09. The fourth-order valence-electron chi connectivity index (χ4n) is 1.30. The molecule has 0 spiro atoms. The third kappa shape index (κ3) is 4.61. The molecule has 0 radical (unpaired) electrons. The quantitative estimate of drug-likeness (QED) is 0.764. The van der Waals surface area contributed by atoms with Gasteiger partial charge in [0.2, 0.25) is 15.9 Å². The first-order valence-corrected chi connectivity index (χ1v) is 7.56. The van der Waals surface area contributed by atoms with E-state index in [1.165, 1.54) is 26.1 Å². The van der Waals surface area contributed by atoms with Gasteiger partial charge in [-0.25, -0.2) is 8.42 Å². The highest BCUT2D eigenvalue weighted by Crippen LogP contribution is 2.04. The molecular formula is C12H17N3O4S. The van der Waals surface area contributed by atoms with Crippen LogP contribution in [0.2, 0.25) is 0 Å². The number of sulfonamides is 1. The van der Waals surface area contributed by atoms with Gasteiger partial charge in [-0.1, -0.05) is 6.07 Å². The summed E-state index contributed by atoms with van der Waals surface area (Å²) in [4.78, 5) is 26.2. The van der Waals surface area contributed by atoms with Gasteiger partial charge in [-0.3, -0.25) is 19.3 Å². The summed E-state index contributed by atoms with van der Waals surface area (Å²) in [6, 6.07) is 3.08. The van der Waals surface area contributed by atoms with Crippen molar-refractivity contribution in [2.75, 3.05) is 0 Å². The van der Waals surface area contributed by atoms with E-state index >= 15 is 0 Å². The molecule has 0 aliphatic heterocycles. The van der Waals surface area contributed by atoms with Crippen molar-refractivity contribution in [3.8, 4) is 0 Å². The lowest BCUT2D eigenvalue weighted by Crippen LogP contribution is -2.35. The topological polar surface area (TPSA) is 119 Å². The molecule has 0 unspecified atom stereocenters. The van der Waals surface area contributed by atoms with Crippen LogP contribution in [-0.4, -0.2) is 30.5 Å². The predicted octanol–water partition coefficient (Wildman–Crippen LogP) is -0.0325. The molecule has 8 heteroatoms. The maximum absolute atomic E-state index is 11.5. The normalized spacial score (nSPS) is 11.3. The van der Waals surface area contributed by atoms with Gasteiger partial charge in [0.1, 0.15) is 5.69 Å². The maximum atomic E-state index is 11.5. The Kier molecular flexibility index (Phi) is 5.20. The SMILES string of the molecule is CC(C)S(=O)(=O)NC(=O)CCc1ccc(C(N)=O)nc1. The molecule has 0 saturated heterocycles. The molecule has 0 saturated carbocycles. The van der Waals surface area contributed by atoms with Gasteiger partial charge >= 0.3 is 0 Å². The second-order valence-electron chi connectivity index (χ2n) is 4.53. The first kappa shape index (κ1) is 16.1. The third-order valence-electron chi connectivity index (χ3n) is 2.59. The van der Waals surface area contributed by atoms with Crippen molar-refractivity contribution in [2.24, 2.45) is 5.73 Å². The van der Waals surface area contributed by atoms with E-state index in [-0.39, 0.29) is 12.1 Å². The van der Waals surface area contributed by atoms with Gasteiger partial charge in [-0.2, -0.15) is 0 Å². The summed E-state index contributed by atoms with van der Waals surface area (Å²) >= 11 is 0. The average molecular weight is 299 g/mol. The minimum absolute atomic E-state index is 0.0174. The molecule has 1 heterocycles. The number of aryl methyl sites for hydroxylation is 1. The summed E-state index contributed by atoms with van der Waals surface area (Å²) in [5, 5.41) is -0.664. The highest BCUT2D eigenvalue weighted by Gasteiger charge is 2.18. The van der Waals surface area contributed by atoms with Gasteiger partial charge in [0.05, 0.1) is 5.25 Å². The zero-order valence-electron chi connectivity index (χ0n) is 11.3. The molecule has 1 aromatic heterocycles. The fourth-order valence-corrected chi connectivity index (χ4v) is 1.96. The van der Waals surface area contributed by atoms with Crippen molar-refractivity contribution in [3.63, 3.8) is 0 Å². The van der Waals surface area contributed by atoms with E-state index in [1.54, 1.807) is 6.07 Å². The van der Waals surface area contributed by atoms with Crippen LogP contribution < -0.4 is 10.5 Å². The average Bonchev–Trinajstić information content (AvgIpc) is 2.36. The Bertz CT molecular complexity index is 594. The Morgan fingerprint density at radius 2 is 2.00 bits per heavy atom. The van der Waals surface area contributed by atoms with E-state index < -0.39 is 27.1 Å². The molecule has 0 fully saturated rings. The summed E-state index contributed by atoms with van der Waals surface area (Å²) in [7, 11) is -3.60. The maximum Gasteiger partial charge on any atom is 0.267 e. The lowest BCUT2D eigenvalue weighted by atomic mass is 10.1. The Balaban J connectivity index is 2.55. The highest BCUT2D eigenvalue weighted by atomic mass is 32.2. The number of nitrogens with zero attached hydrogens (tertiary/aromatic N) is 1. The minimum atomic E-state index is -3.60. The molecule has 2 amide bonds. The van der Waals surface area contributed by atoms with Crippen molar-refractivity contribution in [3.05, 3.63) is 29.6 Å². The summed E-state index contributed by atoms with van der Waals surface area (Å²) in [6.45, 7) is 2.98. The number of pyridine rings is 1. The van der Waals surface area contributed by atoms with E-state index in [2.05, 4.69) is 4.98 Å². The number of amides is 2. The molecule has 0 aliphatic rings. The van der Waals surface area contributed by atoms with Crippen LogP contribution in [-0.2, 0) is 21.2 Å². The monoisotopic (exact) mass is 299 g/mol. The number of primary amides is 1. The standard InChI is InChI=1S/C12H17N3O4S/c1-8(2)20(18,19)15-11(16)6-4-9-3-5-10(12(13)17)14-7-9/h3,5,7-8H,4,6H2,1-2H3,(H2,13,17)(H,15,16). The molecule has 0 aromatic carbocycles. The van der Waals surface area contributed by atoms with E-state index in [4.69, 9.17) is 5.73 Å². The molecule has 1 rings (SSSR count). The van der Waals surface area contributed by atoms with Crippen LogP contribution in [0.4, 0.5) is 0 Å². The molecule has 1 aromatic rings. The smallest absolute Gasteiger partial charge is 0.267 e. The number of carbonyl (C=O) groups is 2. The summed E-state index contributed by atoms with van der Waals surface area (Å²) < 4.78 is 24.9. The molecule has 110 valence electrons. The Labute approximate surface area is 117 Å². The minimum Gasteiger partial charge on any atom is -0.364 e. The molecule has 0 aliphatic carbocycles. The molecule has 0 atom stereocenters. The van der Waals surface area contributed by atoms with Gasteiger partial charge in [0.25, 0.3) is 5.91 Å². The summed E-state index contributed by atoms with van der Waals surface area (Å²) in [6.07, 6.45) is 1.78. The van der Waals surface area contributed by atoms with Gasteiger partial charge in [0, 0.05) is 12.6 Å². The predicted molar refractivity (Wildman–Crippen MR) is 73.3 cm³/mol. The number of hydrogen-bond acceptors (Lipinski definition) is 5. The van der Waals surface area contributed by atoms with Gasteiger partial charge in [-0.15, -0.1) is 0 Å². The van der Waals surface area contributed by atoms with Crippen LogP contribution in [0, 0.1) is 0 Å². The molecule has 3 N–H and O–H groups in total. The summed E-state index contributed by atoms with van der Waals surface area (Å²) in [5.41, 5.74) is 5.91. The van der Waals surface area contributed by atoms with Crippen LogP contribution in [0.15, 0.2) is 18.3 Å². The van der Waals surface area contributed by atoms with Crippen molar-refractivity contribution in [1.29, 1.82) is 0 Å². The number of rotatable bonds is 6. The second kappa shape index (κ2) is 6.47. The Morgan fingerprint density at radius 3 is 2.45 bits per heavy atom. The van der Waals surface area contributed by atoms with Crippen LogP contribution in [0.25, 0.3) is 0 Å². The van der Waals surface area contributed by atoms with E-state index in [0.29, 0.717) is 12.0 Å².